The van der Waals surface area contributed by atoms with E-state index in [1.165, 1.54) is 51.1 Å². The van der Waals surface area contributed by atoms with Crippen LogP contribution < -0.4 is 0 Å². The average molecular weight is 294 g/mol. The van der Waals surface area contributed by atoms with Crippen molar-refractivity contribution in [2.24, 2.45) is 0 Å². The summed E-state index contributed by atoms with van der Waals surface area (Å²) in [6, 6.07) is 29.0. The van der Waals surface area contributed by atoms with Crippen molar-refractivity contribution in [3.63, 3.8) is 0 Å². The Kier molecular flexibility index (Phi) is 2.78. The zero-order valence-electron chi connectivity index (χ0n) is 13.0. The molecular weight excluding hydrogens is 276 g/mol. The van der Waals surface area contributed by atoms with Crippen LogP contribution in [0.4, 0.5) is 0 Å². The highest BCUT2D eigenvalue weighted by atomic mass is 14.3. The third kappa shape index (κ3) is 1.91. The van der Waals surface area contributed by atoms with Crippen molar-refractivity contribution in [1.29, 1.82) is 0 Å². The fourth-order valence-corrected chi connectivity index (χ4v) is 4.25. The monoisotopic (exact) mass is 294 g/mol. The van der Waals surface area contributed by atoms with Gasteiger partial charge in [0.2, 0.25) is 0 Å². The van der Waals surface area contributed by atoms with Crippen LogP contribution in [0.25, 0.3) is 21.5 Å². The van der Waals surface area contributed by atoms with Gasteiger partial charge in [0.05, 0.1) is 0 Å². The SMILES string of the molecule is c1ccc2c(c1)CCC2c1cccc2c1ccc1ccccc12. The van der Waals surface area contributed by atoms with Gasteiger partial charge in [0, 0.05) is 5.92 Å². The minimum atomic E-state index is 0.538. The molecule has 4 aromatic carbocycles. The summed E-state index contributed by atoms with van der Waals surface area (Å²) in [5, 5.41) is 5.47. The minimum Gasteiger partial charge on any atom is -0.0620 e. The lowest BCUT2D eigenvalue weighted by atomic mass is 9.88. The van der Waals surface area contributed by atoms with Gasteiger partial charge in [-0.2, -0.15) is 0 Å². The quantitative estimate of drug-likeness (QED) is 0.374. The van der Waals surface area contributed by atoms with Gasteiger partial charge in [0.15, 0.2) is 0 Å². The molecule has 0 aromatic heterocycles. The summed E-state index contributed by atoms with van der Waals surface area (Å²) in [6.45, 7) is 0. The second-order valence-corrected chi connectivity index (χ2v) is 6.52. The zero-order chi connectivity index (χ0) is 15.2. The van der Waals surface area contributed by atoms with E-state index in [1.54, 1.807) is 0 Å². The van der Waals surface area contributed by atoms with Gasteiger partial charge >= 0.3 is 0 Å². The Bertz CT molecular complexity index is 1030. The number of aryl methyl sites for hydroxylation is 1. The molecule has 0 fully saturated rings. The van der Waals surface area contributed by atoms with Gasteiger partial charge < -0.3 is 0 Å². The Balaban J connectivity index is 1.79. The van der Waals surface area contributed by atoms with Gasteiger partial charge in [-0.1, -0.05) is 78.9 Å². The van der Waals surface area contributed by atoms with E-state index < -0.39 is 0 Å². The molecule has 110 valence electrons. The highest BCUT2D eigenvalue weighted by Crippen LogP contribution is 2.41. The highest BCUT2D eigenvalue weighted by molar-refractivity contribution is 6.08. The molecule has 23 heavy (non-hydrogen) atoms. The maximum Gasteiger partial charge on any atom is 0.0101 e. The molecule has 0 bridgehead atoms. The number of fused-ring (bicyclic) bond motifs is 4. The van der Waals surface area contributed by atoms with Crippen molar-refractivity contribution in [2.45, 2.75) is 18.8 Å². The van der Waals surface area contributed by atoms with Crippen LogP contribution in [0.3, 0.4) is 0 Å². The summed E-state index contributed by atoms with van der Waals surface area (Å²) in [5.74, 6) is 0.538. The summed E-state index contributed by atoms with van der Waals surface area (Å²) in [7, 11) is 0. The van der Waals surface area contributed by atoms with Gasteiger partial charge in [0.25, 0.3) is 0 Å². The summed E-state index contributed by atoms with van der Waals surface area (Å²) in [4.78, 5) is 0. The molecular formula is C23H18. The molecule has 0 heterocycles. The van der Waals surface area contributed by atoms with Gasteiger partial charge in [-0.05, 0) is 51.1 Å². The van der Waals surface area contributed by atoms with Crippen LogP contribution in [0.5, 0.6) is 0 Å². The third-order valence-electron chi connectivity index (χ3n) is 5.33. The van der Waals surface area contributed by atoms with E-state index in [0.29, 0.717) is 5.92 Å². The number of rotatable bonds is 1. The van der Waals surface area contributed by atoms with Crippen molar-refractivity contribution >= 4 is 21.5 Å². The Hall–Kier alpha value is -2.60. The van der Waals surface area contributed by atoms with Crippen LogP contribution in [0.15, 0.2) is 78.9 Å². The Morgan fingerprint density at radius 3 is 2.35 bits per heavy atom. The fourth-order valence-electron chi connectivity index (χ4n) is 4.25. The van der Waals surface area contributed by atoms with Crippen molar-refractivity contribution in [1.82, 2.24) is 0 Å². The molecule has 0 saturated carbocycles. The minimum absolute atomic E-state index is 0.538. The second-order valence-electron chi connectivity index (χ2n) is 6.52. The number of hydrogen-bond acceptors (Lipinski definition) is 0. The third-order valence-corrected chi connectivity index (χ3v) is 5.33. The van der Waals surface area contributed by atoms with E-state index in [4.69, 9.17) is 0 Å². The fraction of sp³-hybridized carbons (Fsp3) is 0.130. The largest absolute Gasteiger partial charge is 0.0620 e. The van der Waals surface area contributed by atoms with Crippen molar-refractivity contribution < 1.29 is 0 Å². The predicted octanol–water partition coefficient (Wildman–Crippen LogP) is 6.07. The first-order valence-corrected chi connectivity index (χ1v) is 8.40. The van der Waals surface area contributed by atoms with Crippen LogP contribution >= 0.6 is 0 Å². The molecule has 0 nitrogen and oxygen atoms in total. The van der Waals surface area contributed by atoms with Crippen LogP contribution in [0.2, 0.25) is 0 Å². The topological polar surface area (TPSA) is 0 Å². The molecule has 0 saturated heterocycles. The molecule has 1 aliphatic carbocycles. The first kappa shape index (κ1) is 12.9. The molecule has 0 N–H and O–H groups in total. The Labute approximate surface area is 136 Å². The standard InChI is InChI=1S/C23H18/c1-3-8-18-16(6-1)13-15-23-20(18)10-5-11-21(23)22-14-12-17-7-2-4-9-19(17)22/h1-11,13,15,22H,12,14H2. The zero-order valence-corrected chi connectivity index (χ0v) is 13.0. The average Bonchev–Trinajstić information content (AvgIpc) is 3.05. The van der Waals surface area contributed by atoms with E-state index in [9.17, 15) is 0 Å². The first-order valence-electron chi connectivity index (χ1n) is 8.40. The van der Waals surface area contributed by atoms with Gasteiger partial charge in [-0.25, -0.2) is 0 Å². The van der Waals surface area contributed by atoms with Crippen LogP contribution in [-0.2, 0) is 6.42 Å². The Morgan fingerprint density at radius 1 is 0.565 bits per heavy atom. The van der Waals surface area contributed by atoms with E-state index in [2.05, 4.69) is 78.9 Å². The summed E-state index contributed by atoms with van der Waals surface area (Å²) >= 11 is 0. The van der Waals surface area contributed by atoms with Crippen molar-refractivity contribution in [3.05, 3.63) is 95.6 Å². The molecule has 0 aliphatic heterocycles. The molecule has 4 aromatic rings. The molecule has 0 amide bonds. The van der Waals surface area contributed by atoms with Crippen molar-refractivity contribution in [2.75, 3.05) is 0 Å². The van der Waals surface area contributed by atoms with Crippen molar-refractivity contribution in [3.8, 4) is 0 Å². The molecule has 1 atom stereocenters. The van der Waals surface area contributed by atoms with Gasteiger partial charge in [-0.15, -0.1) is 0 Å². The van der Waals surface area contributed by atoms with Gasteiger partial charge in [-0.3, -0.25) is 0 Å². The Morgan fingerprint density at radius 2 is 1.35 bits per heavy atom. The second kappa shape index (κ2) is 4.96. The first-order chi connectivity index (χ1) is 11.4. The highest BCUT2D eigenvalue weighted by Gasteiger charge is 2.24. The van der Waals surface area contributed by atoms with E-state index in [-0.39, 0.29) is 0 Å². The normalized spacial score (nSPS) is 16.8. The molecule has 1 aliphatic rings. The van der Waals surface area contributed by atoms with Crippen LogP contribution in [0, 0.1) is 0 Å². The molecule has 1 unspecified atom stereocenters. The maximum absolute atomic E-state index is 2.32. The summed E-state index contributed by atoms with van der Waals surface area (Å²) in [5.41, 5.74) is 4.53. The molecule has 0 radical (unpaired) electrons. The molecule has 5 rings (SSSR count). The van der Waals surface area contributed by atoms with E-state index in [0.717, 1.165) is 0 Å². The van der Waals surface area contributed by atoms with Crippen LogP contribution in [0.1, 0.15) is 29.0 Å². The van der Waals surface area contributed by atoms with Crippen LogP contribution in [-0.4, -0.2) is 0 Å². The van der Waals surface area contributed by atoms with E-state index in [1.807, 2.05) is 0 Å². The number of benzene rings is 4. The molecule has 0 spiro atoms. The lowest BCUT2D eigenvalue weighted by molar-refractivity contribution is 0.794. The summed E-state index contributed by atoms with van der Waals surface area (Å²) < 4.78 is 0. The summed E-state index contributed by atoms with van der Waals surface area (Å²) in [6.07, 6.45) is 2.43. The molecule has 0 heteroatoms. The lowest BCUT2D eigenvalue weighted by Gasteiger charge is -2.16. The maximum atomic E-state index is 2.32. The van der Waals surface area contributed by atoms with E-state index >= 15 is 0 Å². The smallest absolute Gasteiger partial charge is 0.0101 e. The number of hydrogen-bond donors (Lipinski definition) is 0. The lowest BCUT2D eigenvalue weighted by Crippen LogP contribution is -1.97. The van der Waals surface area contributed by atoms with Gasteiger partial charge in [0.1, 0.15) is 0 Å². The predicted molar refractivity (Wildman–Crippen MR) is 98.1 cm³/mol.